The summed E-state index contributed by atoms with van der Waals surface area (Å²) < 4.78 is 18.2. The highest BCUT2D eigenvalue weighted by atomic mass is 16.5. The Hall–Kier alpha value is -3.81. The van der Waals surface area contributed by atoms with Gasteiger partial charge in [0.2, 0.25) is 5.75 Å². The van der Waals surface area contributed by atoms with Gasteiger partial charge < -0.3 is 19.5 Å². The fourth-order valence-corrected chi connectivity index (χ4v) is 3.20. The molecule has 0 bridgehead atoms. The van der Waals surface area contributed by atoms with Crippen LogP contribution in [0.15, 0.2) is 55.2 Å². The van der Waals surface area contributed by atoms with Crippen LogP contribution in [0.2, 0.25) is 0 Å². The predicted molar refractivity (Wildman–Crippen MR) is 110 cm³/mol. The minimum atomic E-state index is 0.512. The second kappa shape index (κ2) is 8.05. The molecule has 4 rings (SSSR count). The smallest absolute Gasteiger partial charge is 0.203 e. The molecule has 0 saturated carbocycles. The molecule has 0 amide bonds. The number of ether oxygens (including phenoxy) is 3. The van der Waals surface area contributed by atoms with Gasteiger partial charge in [-0.3, -0.25) is 9.38 Å². The topological polar surface area (TPSA) is 82.8 Å². The molecular formula is C21H21N5O3. The molecule has 4 aromatic rings. The molecule has 1 aromatic carbocycles. The third-order valence-electron chi connectivity index (χ3n) is 4.57. The molecule has 8 heteroatoms. The highest BCUT2D eigenvalue weighted by Crippen LogP contribution is 2.38. The van der Waals surface area contributed by atoms with E-state index in [1.54, 1.807) is 33.7 Å². The van der Waals surface area contributed by atoms with E-state index in [1.165, 1.54) is 0 Å². The Morgan fingerprint density at radius 2 is 1.76 bits per heavy atom. The summed E-state index contributed by atoms with van der Waals surface area (Å²) in [5.74, 6) is 2.45. The third-order valence-corrected chi connectivity index (χ3v) is 4.57. The van der Waals surface area contributed by atoms with Gasteiger partial charge in [-0.1, -0.05) is 0 Å². The Morgan fingerprint density at radius 3 is 2.41 bits per heavy atom. The summed E-state index contributed by atoms with van der Waals surface area (Å²) in [4.78, 5) is 13.2. The van der Waals surface area contributed by atoms with Crippen LogP contribution in [0.5, 0.6) is 17.2 Å². The maximum Gasteiger partial charge on any atom is 0.203 e. The van der Waals surface area contributed by atoms with Gasteiger partial charge in [0.05, 0.1) is 33.2 Å². The number of aromatic nitrogens is 4. The summed E-state index contributed by atoms with van der Waals surface area (Å²) >= 11 is 0. The second-order valence-corrected chi connectivity index (χ2v) is 6.24. The van der Waals surface area contributed by atoms with Crippen LogP contribution in [-0.2, 0) is 6.54 Å². The molecule has 3 aromatic heterocycles. The summed E-state index contributed by atoms with van der Waals surface area (Å²) in [7, 11) is 4.78. The first-order valence-electron chi connectivity index (χ1n) is 9.00. The van der Waals surface area contributed by atoms with E-state index in [1.807, 2.05) is 47.3 Å². The Balaban J connectivity index is 1.63. The lowest BCUT2D eigenvalue weighted by Gasteiger charge is -2.14. The number of fused-ring (bicyclic) bond motifs is 1. The zero-order chi connectivity index (χ0) is 20.2. The van der Waals surface area contributed by atoms with Crippen molar-refractivity contribution in [2.45, 2.75) is 6.54 Å². The number of pyridine rings is 1. The Bertz CT molecular complexity index is 1100. The van der Waals surface area contributed by atoms with E-state index in [4.69, 9.17) is 14.2 Å². The molecule has 0 aliphatic carbocycles. The van der Waals surface area contributed by atoms with E-state index in [9.17, 15) is 0 Å². The zero-order valence-corrected chi connectivity index (χ0v) is 16.4. The lowest BCUT2D eigenvalue weighted by Crippen LogP contribution is -2.05. The molecule has 29 heavy (non-hydrogen) atoms. The van der Waals surface area contributed by atoms with Crippen molar-refractivity contribution in [3.8, 4) is 28.5 Å². The van der Waals surface area contributed by atoms with Gasteiger partial charge in [-0.15, -0.1) is 0 Å². The number of imidazole rings is 1. The number of benzene rings is 1. The molecule has 0 spiro atoms. The minimum absolute atomic E-state index is 0.512. The van der Waals surface area contributed by atoms with Crippen LogP contribution in [0, 0.1) is 0 Å². The fourth-order valence-electron chi connectivity index (χ4n) is 3.20. The van der Waals surface area contributed by atoms with Gasteiger partial charge in [0.25, 0.3) is 0 Å². The zero-order valence-electron chi connectivity index (χ0n) is 16.4. The van der Waals surface area contributed by atoms with Gasteiger partial charge in [-0.2, -0.15) is 0 Å². The molecule has 0 aliphatic heterocycles. The van der Waals surface area contributed by atoms with Crippen LogP contribution in [0.3, 0.4) is 0 Å². The summed E-state index contributed by atoms with van der Waals surface area (Å²) in [5, 5.41) is 3.35. The van der Waals surface area contributed by atoms with Crippen LogP contribution < -0.4 is 19.5 Å². The monoisotopic (exact) mass is 391 g/mol. The van der Waals surface area contributed by atoms with Crippen LogP contribution >= 0.6 is 0 Å². The highest BCUT2D eigenvalue weighted by molar-refractivity contribution is 5.70. The number of nitrogens with zero attached hydrogens (tertiary/aromatic N) is 4. The van der Waals surface area contributed by atoms with Gasteiger partial charge in [0, 0.05) is 36.9 Å². The van der Waals surface area contributed by atoms with Crippen molar-refractivity contribution < 1.29 is 14.2 Å². The fraction of sp³-hybridized carbons (Fsp3) is 0.190. The van der Waals surface area contributed by atoms with E-state index in [-0.39, 0.29) is 0 Å². The standard InChI is InChI=1S/C21H21N5O3/c1-27-17-9-14(10-18(28-2)19(17)29-3)11-24-20-21-25-13-16(26(21)8-7-23-20)15-5-4-6-22-12-15/h4-10,12-13H,11H2,1-3H3,(H,23,24). The van der Waals surface area contributed by atoms with E-state index in [0.717, 1.165) is 22.5 Å². The molecule has 0 radical (unpaired) electrons. The van der Waals surface area contributed by atoms with Crippen molar-refractivity contribution in [3.05, 3.63) is 60.8 Å². The normalized spacial score (nSPS) is 10.7. The SMILES string of the molecule is COc1cc(CNc2nccn3c(-c4cccnc4)cnc23)cc(OC)c1OC. The number of hydrogen-bond donors (Lipinski definition) is 1. The summed E-state index contributed by atoms with van der Waals surface area (Å²) in [6, 6.07) is 7.71. The molecule has 0 atom stereocenters. The van der Waals surface area contributed by atoms with Crippen LogP contribution in [0.25, 0.3) is 16.9 Å². The Labute approximate surface area is 168 Å². The van der Waals surface area contributed by atoms with Crippen LogP contribution in [0.4, 0.5) is 5.82 Å². The molecule has 0 saturated heterocycles. The largest absolute Gasteiger partial charge is 0.493 e. The molecule has 0 fully saturated rings. The number of hydrogen-bond acceptors (Lipinski definition) is 7. The Morgan fingerprint density at radius 1 is 0.966 bits per heavy atom. The highest BCUT2D eigenvalue weighted by Gasteiger charge is 2.14. The van der Waals surface area contributed by atoms with E-state index in [0.29, 0.717) is 29.6 Å². The lowest BCUT2D eigenvalue weighted by molar-refractivity contribution is 0.324. The molecule has 148 valence electrons. The van der Waals surface area contributed by atoms with Crippen LogP contribution in [0.1, 0.15) is 5.56 Å². The third kappa shape index (κ3) is 3.52. The van der Waals surface area contributed by atoms with Crippen molar-refractivity contribution in [3.63, 3.8) is 0 Å². The lowest BCUT2D eigenvalue weighted by atomic mass is 10.1. The first-order valence-corrected chi connectivity index (χ1v) is 9.00. The van der Waals surface area contributed by atoms with Gasteiger partial charge in [0.15, 0.2) is 23.0 Å². The van der Waals surface area contributed by atoms with Gasteiger partial charge in [0.1, 0.15) is 0 Å². The quantitative estimate of drug-likeness (QED) is 0.517. The molecule has 0 unspecified atom stereocenters. The summed E-state index contributed by atoms with van der Waals surface area (Å²) in [5.41, 5.74) is 3.63. The van der Waals surface area contributed by atoms with Crippen molar-refractivity contribution in [1.82, 2.24) is 19.4 Å². The van der Waals surface area contributed by atoms with Crippen LogP contribution in [-0.4, -0.2) is 40.7 Å². The number of methoxy groups -OCH3 is 3. The second-order valence-electron chi connectivity index (χ2n) is 6.24. The molecule has 3 heterocycles. The Kier molecular flexibility index (Phi) is 5.15. The molecular weight excluding hydrogens is 370 g/mol. The van der Waals surface area contributed by atoms with E-state index >= 15 is 0 Å². The minimum Gasteiger partial charge on any atom is -0.493 e. The number of rotatable bonds is 7. The molecule has 8 nitrogen and oxygen atoms in total. The van der Waals surface area contributed by atoms with E-state index < -0.39 is 0 Å². The first-order chi connectivity index (χ1) is 14.2. The first kappa shape index (κ1) is 18.5. The van der Waals surface area contributed by atoms with Gasteiger partial charge in [-0.05, 0) is 29.8 Å². The van der Waals surface area contributed by atoms with Crippen molar-refractivity contribution in [1.29, 1.82) is 0 Å². The van der Waals surface area contributed by atoms with Gasteiger partial charge in [-0.25, -0.2) is 9.97 Å². The summed E-state index contributed by atoms with van der Waals surface area (Å²) in [6.07, 6.45) is 9.01. The molecule has 1 N–H and O–H groups in total. The average Bonchev–Trinajstić information content (AvgIpc) is 3.22. The maximum absolute atomic E-state index is 5.42. The maximum atomic E-state index is 5.42. The van der Waals surface area contributed by atoms with Crippen molar-refractivity contribution in [2.75, 3.05) is 26.6 Å². The molecule has 0 aliphatic rings. The van der Waals surface area contributed by atoms with Crippen molar-refractivity contribution >= 4 is 11.5 Å². The van der Waals surface area contributed by atoms with E-state index in [2.05, 4.69) is 20.3 Å². The number of nitrogens with one attached hydrogen (secondary N) is 1. The average molecular weight is 391 g/mol. The summed E-state index contributed by atoms with van der Waals surface area (Å²) in [6.45, 7) is 0.512. The van der Waals surface area contributed by atoms with Gasteiger partial charge >= 0.3 is 0 Å². The van der Waals surface area contributed by atoms with Crippen molar-refractivity contribution in [2.24, 2.45) is 0 Å². The number of anilines is 1. The predicted octanol–water partition coefficient (Wildman–Crippen LogP) is 3.43.